The summed E-state index contributed by atoms with van der Waals surface area (Å²) in [5, 5.41) is 12.1. The Kier molecular flexibility index (Phi) is 5.01. The summed E-state index contributed by atoms with van der Waals surface area (Å²) in [5.74, 6) is -0.972. The van der Waals surface area contributed by atoms with E-state index in [0.717, 1.165) is 25.7 Å². The fourth-order valence-electron chi connectivity index (χ4n) is 2.87. The van der Waals surface area contributed by atoms with Crippen molar-refractivity contribution in [2.24, 2.45) is 11.8 Å². The molecule has 0 aromatic carbocycles. The van der Waals surface area contributed by atoms with E-state index in [9.17, 15) is 14.7 Å². The van der Waals surface area contributed by atoms with E-state index in [-0.39, 0.29) is 17.9 Å². The predicted molar refractivity (Wildman–Crippen MR) is 68.9 cm³/mol. The lowest BCUT2D eigenvalue weighted by molar-refractivity contribution is -0.144. The van der Waals surface area contributed by atoms with E-state index in [2.05, 4.69) is 5.32 Å². The average Bonchev–Trinajstić information content (AvgIpc) is 2.46. The number of morpholine rings is 1. The molecule has 2 amide bonds. The minimum atomic E-state index is -0.731. The molecule has 2 aliphatic rings. The summed E-state index contributed by atoms with van der Waals surface area (Å²) < 4.78 is 5.19. The van der Waals surface area contributed by atoms with Gasteiger partial charge in [-0.25, -0.2) is 4.79 Å². The van der Waals surface area contributed by atoms with Crippen molar-refractivity contribution in [3.63, 3.8) is 0 Å². The molecule has 1 saturated carbocycles. The van der Waals surface area contributed by atoms with Crippen molar-refractivity contribution in [2.45, 2.75) is 25.7 Å². The molecule has 2 fully saturated rings. The summed E-state index contributed by atoms with van der Waals surface area (Å²) in [6.07, 6.45) is 3.65. The van der Waals surface area contributed by atoms with Crippen LogP contribution in [0.1, 0.15) is 25.7 Å². The van der Waals surface area contributed by atoms with Crippen LogP contribution in [0.25, 0.3) is 0 Å². The quantitative estimate of drug-likeness (QED) is 0.799. The Morgan fingerprint density at radius 1 is 1.21 bits per heavy atom. The topological polar surface area (TPSA) is 78.9 Å². The summed E-state index contributed by atoms with van der Waals surface area (Å²) in [6, 6.07) is -0.0991. The van der Waals surface area contributed by atoms with Gasteiger partial charge in [0.2, 0.25) is 0 Å². The molecule has 0 radical (unpaired) electrons. The fourth-order valence-corrected chi connectivity index (χ4v) is 2.87. The van der Waals surface area contributed by atoms with Gasteiger partial charge < -0.3 is 20.1 Å². The number of nitrogens with one attached hydrogen (secondary N) is 1. The number of ether oxygens (including phenoxy) is 1. The number of carbonyl (C=O) groups is 2. The van der Waals surface area contributed by atoms with Crippen LogP contribution in [0.3, 0.4) is 0 Å². The molecule has 2 unspecified atom stereocenters. The van der Waals surface area contributed by atoms with Crippen LogP contribution in [0.4, 0.5) is 4.79 Å². The van der Waals surface area contributed by atoms with Crippen molar-refractivity contribution in [1.82, 2.24) is 10.2 Å². The Morgan fingerprint density at radius 3 is 2.58 bits per heavy atom. The second-order valence-electron chi connectivity index (χ2n) is 5.27. The maximum Gasteiger partial charge on any atom is 0.317 e. The van der Waals surface area contributed by atoms with Gasteiger partial charge in [0.1, 0.15) is 0 Å². The Bertz CT molecular complexity index is 329. The monoisotopic (exact) mass is 270 g/mol. The van der Waals surface area contributed by atoms with Crippen LogP contribution in [0.15, 0.2) is 0 Å². The molecule has 2 rings (SSSR count). The Hall–Kier alpha value is -1.30. The molecular formula is C13H22N2O4. The maximum absolute atomic E-state index is 11.9. The van der Waals surface area contributed by atoms with Crippen molar-refractivity contribution < 1.29 is 19.4 Å². The van der Waals surface area contributed by atoms with E-state index in [1.54, 1.807) is 4.90 Å². The number of carboxylic acid groups (broad SMARTS) is 1. The molecular weight excluding hydrogens is 248 g/mol. The molecule has 1 saturated heterocycles. The molecule has 1 aliphatic heterocycles. The van der Waals surface area contributed by atoms with Gasteiger partial charge in [-0.1, -0.05) is 12.8 Å². The zero-order chi connectivity index (χ0) is 13.7. The molecule has 0 aromatic rings. The van der Waals surface area contributed by atoms with E-state index in [1.165, 1.54) is 0 Å². The SMILES string of the molecule is O=C(O)C1CCCCC1CNC(=O)N1CCOCC1. The lowest BCUT2D eigenvalue weighted by Gasteiger charge is -2.31. The lowest BCUT2D eigenvalue weighted by atomic mass is 9.79. The number of urea groups is 1. The second kappa shape index (κ2) is 6.75. The molecule has 0 bridgehead atoms. The normalized spacial score (nSPS) is 27.9. The van der Waals surface area contributed by atoms with Crippen LogP contribution in [-0.4, -0.2) is 54.9 Å². The third-order valence-electron chi connectivity index (χ3n) is 4.04. The minimum absolute atomic E-state index is 0.0660. The summed E-state index contributed by atoms with van der Waals surface area (Å²) in [5.41, 5.74) is 0. The highest BCUT2D eigenvalue weighted by atomic mass is 16.5. The average molecular weight is 270 g/mol. The molecule has 6 heteroatoms. The molecule has 1 aliphatic carbocycles. The largest absolute Gasteiger partial charge is 0.481 e. The molecule has 2 atom stereocenters. The Balaban J connectivity index is 1.79. The zero-order valence-corrected chi connectivity index (χ0v) is 11.1. The van der Waals surface area contributed by atoms with Crippen molar-refractivity contribution >= 4 is 12.0 Å². The fraction of sp³-hybridized carbons (Fsp3) is 0.846. The van der Waals surface area contributed by atoms with E-state index < -0.39 is 5.97 Å². The maximum atomic E-state index is 11.9. The third-order valence-corrected chi connectivity index (χ3v) is 4.04. The first kappa shape index (κ1) is 14.1. The standard InChI is InChI=1S/C13H22N2O4/c16-12(17)11-4-2-1-3-10(11)9-14-13(18)15-5-7-19-8-6-15/h10-11H,1-9H2,(H,14,18)(H,16,17). The predicted octanol–water partition coefficient (Wildman–Crippen LogP) is 0.919. The number of aliphatic carboxylic acids is 1. The van der Waals surface area contributed by atoms with E-state index in [4.69, 9.17) is 4.74 Å². The number of carboxylic acids is 1. The summed E-state index contributed by atoms with van der Waals surface area (Å²) in [6.45, 7) is 2.84. The van der Waals surface area contributed by atoms with E-state index in [0.29, 0.717) is 32.8 Å². The first-order chi connectivity index (χ1) is 9.18. The van der Waals surface area contributed by atoms with Crippen molar-refractivity contribution in [3.05, 3.63) is 0 Å². The number of hydrogen-bond acceptors (Lipinski definition) is 3. The highest BCUT2D eigenvalue weighted by Crippen LogP contribution is 2.29. The van der Waals surface area contributed by atoms with E-state index >= 15 is 0 Å². The van der Waals surface area contributed by atoms with Gasteiger partial charge in [-0.15, -0.1) is 0 Å². The third kappa shape index (κ3) is 3.83. The highest BCUT2D eigenvalue weighted by Gasteiger charge is 2.31. The molecule has 108 valence electrons. The molecule has 19 heavy (non-hydrogen) atoms. The van der Waals surface area contributed by atoms with Crippen LogP contribution in [0, 0.1) is 11.8 Å². The number of carbonyl (C=O) groups excluding carboxylic acids is 1. The smallest absolute Gasteiger partial charge is 0.317 e. The zero-order valence-electron chi connectivity index (χ0n) is 11.1. The van der Waals surface area contributed by atoms with Crippen LogP contribution in [0.5, 0.6) is 0 Å². The first-order valence-electron chi connectivity index (χ1n) is 7.02. The molecule has 2 N–H and O–H groups in total. The van der Waals surface area contributed by atoms with Gasteiger partial charge in [0.05, 0.1) is 19.1 Å². The summed E-state index contributed by atoms with van der Waals surface area (Å²) in [4.78, 5) is 24.8. The molecule has 6 nitrogen and oxygen atoms in total. The number of nitrogens with zero attached hydrogens (tertiary/aromatic N) is 1. The van der Waals surface area contributed by atoms with E-state index in [1.807, 2.05) is 0 Å². The van der Waals surface area contributed by atoms with Gasteiger partial charge in [-0.05, 0) is 18.8 Å². The first-order valence-corrected chi connectivity index (χ1v) is 7.02. The Labute approximate surface area is 113 Å². The van der Waals surface area contributed by atoms with Crippen LogP contribution in [-0.2, 0) is 9.53 Å². The van der Waals surface area contributed by atoms with Crippen molar-refractivity contribution in [3.8, 4) is 0 Å². The lowest BCUT2D eigenvalue weighted by Crippen LogP contribution is -2.48. The number of hydrogen-bond donors (Lipinski definition) is 2. The molecule has 0 aromatic heterocycles. The van der Waals surface area contributed by atoms with Gasteiger partial charge >= 0.3 is 12.0 Å². The van der Waals surface area contributed by atoms with Gasteiger partial charge in [-0.2, -0.15) is 0 Å². The molecule has 0 spiro atoms. The van der Waals surface area contributed by atoms with Crippen LogP contribution >= 0.6 is 0 Å². The van der Waals surface area contributed by atoms with Crippen LogP contribution in [0.2, 0.25) is 0 Å². The number of rotatable bonds is 3. The molecule has 1 heterocycles. The minimum Gasteiger partial charge on any atom is -0.481 e. The van der Waals surface area contributed by atoms with Crippen LogP contribution < -0.4 is 5.32 Å². The Morgan fingerprint density at radius 2 is 1.89 bits per heavy atom. The highest BCUT2D eigenvalue weighted by molar-refractivity contribution is 5.74. The van der Waals surface area contributed by atoms with Gasteiger partial charge in [0, 0.05) is 19.6 Å². The second-order valence-corrected chi connectivity index (χ2v) is 5.27. The summed E-state index contributed by atoms with van der Waals surface area (Å²) >= 11 is 0. The van der Waals surface area contributed by atoms with Crippen molar-refractivity contribution in [2.75, 3.05) is 32.8 Å². The summed E-state index contributed by atoms with van der Waals surface area (Å²) in [7, 11) is 0. The van der Waals surface area contributed by atoms with Gasteiger partial charge in [-0.3, -0.25) is 4.79 Å². The van der Waals surface area contributed by atoms with Gasteiger partial charge in [0.25, 0.3) is 0 Å². The van der Waals surface area contributed by atoms with Gasteiger partial charge in [0.15, 0.2) is 0 Å². The van der Waals surface area contributed by atoms with Crippen molar-refractivity contribution in [1.29, 1.82) is 0 Å². The number of amides is 2.